The summed E-state index contributed by atoms with van der Waals surface area (Å²) in [4.78, 5) is 0. The first-order valence-corrected chi connectivity index (χ1v) is 4.89. The Morgan fingerprint density at radius 2 is 2.08 bits per heavy atom. The highest BCUT2D eigenvalue weighted by Crippen LogP contribution is 2.17. The molecular weight excluding hydrogens is 186 g/mol. The molecule has 13 heavy (non-hydrogen) atoms. The number of aromatic nitrogens is 1. The second-order valence-corrected chi connectivity index (χ2v) is 3.74. The Balaban J connectivity index is 3.32. The molecule has 0 N–H and O–H groups in total. The molecule has 0 bridgehead atoms. The van der Waals surface area contributed by atoms with Crippen LogP contribution in [-0.2, 0) is 5.88 Å². The summed E-state index contributed by atoms with van der Waals surface area (Å²) in [6.45, 7) is 5.80. The normalized spacial score (nSPS) is 10.8. The van der Waals surface area contributed by atoms with Crippen molar-refractivity contribution in [2.24, 2.45) is 0 Å². The SMILES string of the molecule is Cc1ccc(CCl)c(C(C)C)[n+]1[O-]. The van der Waals surface area contributed by atoms with Crippen LogP contribution in [0.5, 0.6) is 0 Å². The van der Waals surface area contributed by atoms with Gasteiger partial charge >= 0.3 is 0 Å². The largest absolute Gasteiger partial charge is 0.618 e. The molecule has 0 saturated carbocycles. The molecular formula is C10H14ClNO. The molecule has 0 spiro atoms. The van der Waals surface area contributed by atoms with Gasteiger partial charge in [-0.25, -0.2) is 0 Å². The first kappa shape index (κ1) is 10.3. The van der Waals surface area contributed by atoms with E-state index in [2.05, 4.69) is 0 Å². The summed E-state index contributed by atoms with van der Waals surface area (Å²) in [6.07, 6.45) is 0. The Bertz CT molecular complexity index is 310. The smallest absolute Gasteiger partial charge is 0.199 e. The van der Waals surface area contributed by atoms with Gasteiger partial charge in [-0.05, 0) is 6.07 Å². The highest BCUT2D eigenvalue weighted by molar-refractivity contribution is 6.17. The monoisotopic (exact) mass is 199 g/mol. The molecule has 0 amide bonds. The Labute approximate surface area is 83.7 Å². The van der Waals surface area contributed by atoms with Crippen LogP contribution in [0.15, 0.2) is 12.1 Å². The molecule has 0 aromatic carbocycles. The lowest BCUT2D eigenvalue weighted by atomic mass is 10.0. The minimum atomic E-state index is 0.214. The molecule has 72 valence electrons. The van der Waals surface area contributed by atoms with Crippen LogP contribution in [0.25, 0.3) is 0 Å². The summed E-state index contributed by atoms with van der Waals surface area (Å²) in [6, 6.07) is 3.72. The quantitative estimate of drug-likeness (QED) is 0.409. The second-order valence-electron chi connectivity index (χ2n) is 3.47. The molecule has 0 unspecified atom stereocenters. The van der Waals surface area contributed by atoms with E-state index in [1.165, 1.54) is 0 Å². The first-order valence-electron chi connectivity index (χ1n) is 4.35. The van der Waals surface area contributed by atoms with Crippen LogP contribution in [-0.4, -0.2) is 0 Å². The van der Waals surface area contributed by atoms with Gasteiger partial charge in [0, 0.05) is 24.5 Å². The van der Waals surface area contributed by atoms with Crippen LogP contribution in [0, 0.1) is 12.1 Å². The van der Waals surface area contributed by atoms with E-state index in [0.717, 1.165) is 21.7 Å². The van der Waals surface area contributed by atoms with Gasteiger partial charge in [0.15, 0.2) is 11.4 Å². The molecule has 0 aliphatic heterocycles. The van der Waals surface area contributed by atoms with E-state index >= 15 is 0 Å². The number of halogens is 1. The van der Waals surface area contributed by atoms with Crippen molar-refractivity contribution < 1.29 is 4.73 Å². The van der Waals surface area contributed by atoms with Crippen molar-refractivity contribution in [1.29, 1.82) is 0 Å². The summed E-state index contributed by atoms with van der Waals surface area (Å²) in [5.41, 5.74) is 2.44. The predicted octanol–water partition coefficient (Wildman–Crippen LogP) is 2.49. The lowest BCUT2D eigenvalue weighted by Gasteiger charge is -2.12. The second kappa shape index (κ2) is 3.97. The molecule has 2 nitrogen and oxygen atoms in total. The number of hydrogen-bond donors (Lipinski definition) is 0. The zero-order valence-electron chi connectivity index (χ0n) is 8.17. The lowest BCUT2D eigenvalue weighted by Crippen LogP contribution is -2.37. The number of alkyl halides is 1. The van der Waals surface area contributed by atoms with Gasteiger partial charge in [-0.1, -0.05) is 13.8 Å². The molecule has 0 aliphatic rings. The van der Waals surface area contributed by atoms with Gasteiger partial charge in [0.25, 0.3) is 0 Å². The summed E-state index contributed by atoms with van der Waals surface area (Å²) in [5, 5.41) is 11.6. The molecule has 1 aromatic heterocycles. The van der Waals surface area contributed by atoms with E-state index < -0.39 is 0 Å². The molecule has 3 heteroatoms. The molecule has 0 atom stereocenters. The van der Waals surface area contributed by atoms with Crippen LogP contribution in [0.4, 0.5) is 0 Å². The van der Waals surface area contributed by atoms with E-state index in [9.17, 15) is 5.21 Å². The number of aryl methyl sites for hydroxylation is 1. The third kappa shape index (κ3) is 1.94. The van der Waals surface area contributed by atoms with Crippen LogP contribution in [0.3, 0.4) is 0 Å². The van der Waals surface area contributed by atoms with Gasteiger partial charge in [-0.2, -0.15) is 4.73 Å². The topological polar surface area (TPSA) is 26.9 Å². The molecule has 1 heterocycles. The van der Waals surface area contributed by atoms with Crippen LogP contribution >= 0.6 is 11.6 Å². The lowest BCUT2D eigenvalue weighted by molar-refractivity contribution is -0.622. The number of hydrogen-bond acceptors (Lipinski definition) is 1. The zero-order valence-corrected chi connectivity index (χ0v) is 8.93. The maximum Gasteiger partial charge on any atom is 0.199 e. The maximum absolute atomic E-state index is 11.6. The highest BCUT2D eigenvalue weighted by Gasteiger charge is 2.17. The molecule has 0 aliphatic carbocycles. The summed E-state index contributed by atoms with van der Waals surface area (Å²) in [7, 11) is 0. The Morgan fingerprint density at radius 1 is 1.46 bits per heavy atom. The third-order valence-corrected chi connectivity index (χ3v) is 2.37. The predicted molar refractivity (Wildman–Crippen MR) is 53.8 cm³/mol. The van der Waals surface area contributed by atoms with Crippen molar-refractivity contribution in [3.05, 3.63) is 34.3 Å². The van der Waals surface area contributed by atoms with E-state index in [1.807, 2.05) is 19.9 Å². The van der Waals surface area contributed by atoms with E-state index in [-0.39, 0.29) is 5.92 Å². The fourth-order valence-corrected chi connectivity index (χ4v) is 1.64. The molecule has 0 saturated heterocycles. The van der Waals surface area contributed by atoms with Crippen LogP contribution in [0.2, 0.25) is 0 Å². The summed E-state index contributed by atoms with van der Waals surface area (Å²) < 4.78 is 0.975. The van der Waals surface area contributed by atoms with Gasteiger partial charge < -0.3 is 5.21 Å². The van der Waals surface area contributed by atoms with Gasteiger partial charge in [0.1, 0.15) is 0 Å². The number of nitrogens with zero attached hydrogens (tertiary/aromatic N) is 1. The van der Waals surface area contributed by atoms with Crippen molar-refractivity contribution in [3.8, 4) is 0 Å². The van der Waals surface area contributed by atoms with Crippen molar-refractivity contribution in [1.82, 2.24) is 0 Å². The Kier molecular flexibility index (Phi) is 3.15. The fraction of sp³-hybridized carbons (Fsp3) is 0.500. The average molecular weight is 200 g/mol. The summed E-state index contributed by atoms with van der Waals surface area (Å²) >= 11 is 5.75. The fourth-order valence-electron chi connectivity index (χ4n) is 1.41. The Hall–Kier alpha value is -0.760. The minimum Gasteiger partial charge on any atom is -0.618 e. The van der Waals surface area contributed by atoms with Crippen LogP contribution in [0.1, 0.15) is 36.7 Å². The molecule has 0 radical (unpaired) electrons. The summed E-state index contributed by atoms with van der Waals surface area (Å²) in [5.74, 6) is 0.613. The van der Waals surface area contributed by atoms with Crippen molar-refractivity contribution in [3.63, 3.8) is 0 Å². The molecule has 1 aromatic rings. The maximum atomic E-state index is 11.6. The van der Waals surface area contributed by atoms with Gasteiger partial charge in [-0.3, -0.25) is 0 Å². The van der Waals surface area contributed by atoms with E-state index in [1.54, 1.807) is 13.0 Å². The zero-order chi connectivity index (χ0) is 10.0. The number of rotatable bonds is 2. The Morgan fingerprint density at radius 3 is 2.54 bits per heavy atom. The third-order valence-electron chi connectivity index (χ3n) is 2.08. The van der Waals surface area contributed by atoms with E-state index in [0.29, 0.717) is 5.88 Å². The van der Waals surface area contributed by atoms with E-state index in [4.69, 9.17) is 11.6 Å². The van der Waals surface area contributed by atoms with Crippen molar-refractivity contribution >= 4 is 11.6 Å². The number of pyridine rings is 1. The average Bonchev–Trinajstić information content (AvgIpc) is 2.08. The first-order chi connectivity index (χ1) is 6.07. The highest BCUT2D eigenvalue weighted by atomic mass is 35.5. The van der Waals surface area contributed by atoms with Crippen molar-refractivity contribution in [2.75, 3.05) is 0 Å². The van der Waals surface area contributed by atoms with Gasteiger partial charge in [0.2, 0.25) is 0 Å². The molecule has 1 rings (SSSR count). The molecule has 0 fully saturated rings. The standard InChI is InChI=1S/C10H14ClNO/c1-7(2)10-9(6-11)5-4-8(3)12(10)13/h4-5,7H,6H2,1-3H3. The van der Waals surface area contributed by atoms with Gasteiger partial charge in [0.05, 0.1) is 5.88 Å². The van der Waals surface area contributed by atoms with Crippen molar-refractivity contribution in [2.45, 2.75) is 32.6 Å². The minimum absolute atomic E-state index is 0.214. The van der Waals surface area contributed by atoms with Gasteiger partial charge in [-0.15, -0.1) is 11.6 Å². The van der Waals surface area contributed by atoms with Crippen LogP contribution < -0.4 is 4.73 Å².